The Kier molecular flexibility index (Phi) is 7.06. The summed E-state index contributed by atoms with van der Waals surface area (Å²) in [5.41, 5.74) is 4.24. The number of allylic oxidation sites excluding steroid dienone is 3. The number of nitriles is 1. The molecule has 2 unspecified atom stereocenters. The highest BCUT2D eigenvalue weighted by Crippen LogP contribution is 2.47. The van der Waals surface area contributed by atoms with Crippen molar-refractivity contribution in [2.45, 2.75) is 87.9 Å². The van der Waals surface area contributed by atoms with Crippen LogP contribution in [0.3, 0.4) is 0 Å². The Morgan fingerprint density at radius 2 is 2.00 bits per heavy atom. The van der Waals surface area contributed by atoms with Gasteiger partial charge in [-0.1, -0.05) is 31.2 Å². The third kappa shape index (κ3) is 4.75. The van der Waals surface area contributed by atoms with Crippen molar-refractivity contribution in [2.24, 2.45) is 11.8 Å². The van der Waals surface area contributed by atoms with Gasteiger partial charge in [0.25, 0.3) is 0 Å². The lowest BCUT2D eigenvalue weighted by Gasteiger charge is -2.46. The van der Waals surface area contributed by atoms with Crippen LogP contribution in [-0.2, 0) is 26.5 Å². The summed E-state index contributed by atoms with van der Waals surface area (Å²) >= 11 is 0. The molecule has 5 aliphatic heterocycles. The van der Waals surface area contributed by atoms with Crippen LogP contribution in [0.5, 0.6) is 0 Å². The summed E-state index contributed by atoms with van der Waals surface area (Å²) in [4.78, 5) is 15.7. The Hall–Kier alpha value is -2.57. The minimum Gasteiger partial charge on any atom is -0.378 e. The molecule has 218 valence electrons. The quantitative estimate of drug-likeness (QED) is 0.544. The van der Waals surface area contributed by atoms with E-state index in [1.54, 1.807) is 0 Å². The van der Waals surface area contributed by atoms with Crippen LogP contribution in [0.2, 0.25) is 0 Å². The van der Waals surface area contributed by atoms with E-state index in [1.165, 1.54) is 11.1 Å². The summed E-state index contributed by atoms with van der Waals surface area (Å²) in [6, 6.07) is 8.50. The molecule has 8 rings (SSSR count). The zero-order valence-electron chi connectivity index (χ0n) is 24.0. The van der Waals surface area contributed by atoms with E-state index in [0.29, 0.717) is 24.1 Å². The number of piperidine rings is 3. The predicted molar refractivity (Wildman–Crippen MR) is 153 cm³/mol. The second kappa shape index (κ2) is 10.6. The highest BCUT2D eigenvalue weighted by Gasteiger charge is 2.47. The molecule has 1 aromatic rings. The van der Waals surface area contributed by atoms with E-state index < -0.39 is 17.8 Å². The van der Waals surface area contributed by atoms with Crippen LogP contribution in [0, 0.1) is 23.2 Å². The van der Waals surface area contributed by atoms with E-state index in [2.05, 4.69) is 39.8 Å². The number of rotatable bonds is 6. The van der Waals surface area contributed by atoms with Crippen LogP contribution in [0.15, 0.2) is 35.9 Å². The smallest absolute Gasteiger partial charge is 0.241 e. The second-order valence-corrected chi connectivity index (χ2v) is 13.2. The maximum Gasteiger partial charge on any atom is 0.241 e. The van der Waals surface area contributed by atoms with E-state index in [-0.39, 0.29) is 23.8 Å². The van der Waals surface area contributed by atoms with Gasteiger partial charge < -0.3 is 20.1 Å². The van der Waals surface area contributed by atoms with Crippen LogP contribution in [-0.4, -0.2) is 67.4 Å². The first-order valence-electron chi connectivity index (χ1n) is 15.5. The van der Waals surface area contributed by atoms with E-state index in [0.717, 1.165) is 82.5 Å². The first-order chi connectivity index (χ1) is 19.9. The second-order valence-electron chi connectivity index (χ2n) is 13.2. The highest BCUT2D eigenvalue weighted by atomic mass is 19.1. The summed E-state index contributed by atoms with van der Waals surface area (Å²) in [6.07, 6.45) is 8.45. The van der Waals surface area contributed by atoms with Crippen LogP contribution in [0.25, 0.3) is 5.57 Å². The van der Waals surface area contributed by atoms with Crippen molar-refractivity contribution >= 4 is 11.5 Å². The van der Waals surface area contributed by atoms with Gasteiger partial charge in [0.15, 0.2) is 0 Å². The number of amides is 1. The van der Waals surface area contributed by atoms with E-state index in [9.17, 15) is 10.1 Å². The van der Waals surface area contributed by atoms with Crippen molar-refractivity contribution in [2.75, 3.05) is 32.8 Å². The molecule has 0 radical (unpaired) electrons. The van der Waals surface area contributed by atoms with Gasteiger partial charge in [-0.25, -0.2) is 4.39 Å². The summed E-state index contributed by atoms with van der Waals surface area (Å²) in [7, 11) is 0. The lowest BCUT2D eigenvalue weighted by Crippen LogP contribution is -2.64. The Balaban J connectivity index is 1.06. The summed E-state index contributed by atoms with van der Waals surface area (Å²) in [5, 5.41) is 16.2. The number of fused-ring (bicyclic) bond motifs is 5. The van der Waals surface area contributed by atoms with Crippen LogP contribution in [0.1, 0.15) is 68.6 Å². The molecule has 1 saturated carbocycles. The molecule has 7 nitrogen and oxygen atoms in total. The number of halogens is 1. The fourth-order valence-electron chi connectivity index (χ4n) is 8.02. The Bertz CT molecular complexity index is 1280. The number of carbonyl (C=O) groups excluding carboxylic acids is 1. The number of hydrogen-bond donors (Lipinski definition) is 2. The summed E-state index contributed by atoms with van der Waals surface area (Å²) in [5.74, 6) is 0.193. The lowest BCUT2D eigenvalue weighted by atomic mass is 9.71. The lowest BCUT2D eigenvalue weighted by molar-refractivity contribution is -0.131. The topological polar surface area (TPSA) is 86.6 Å². The van der Waals surface area contributed by atoms with Gasteiger partial charge in [-0.2, -0.15) is 5.26 Å². The molecule has 3 atom stereocenters. The minimum absolute atomic E-state index is 0.112. The van der Waals surface area contributed by atoms with Crippen LogP contribution in [0.4, 0.5) is 4.39 Å². The number of nitrogens with one attached hydrogen (secondary N) is 2. The number of nitrogens with zero attached hydrogens (tertiary/aromatic N) is 2. The van der Waals surface area contributed by atoms with E-state index in [4.69, 9.17) is 9.47 Å². The van der Waals surface area contributed by atoms with Gasteiger partial charge in [0, 0.05) is 25.4 Å². The van der Waals surface area contributed by atoms with Crippen molar-refractivity contribution in [3.63, 3.8) is 0 Å². The molecule has 5 fully saturated rings. The third-order valence-corrected chi connectivity index (χ3v) is 11.0. The highest BCUT2D eigenvalue weighted by molar-refractivity contribution is 5.87. The molecule has 2 N–H and O–H groups in total. The molecular weight excluding hydrogens is 519 g/mol. The number of benzene rings is 1. The van der Waals surface area contributed by atoms with Crippen molar-refractivity contribution in [3.8, 4) is 6.07 Å². The van der Waals surface area contributed by atoms with E-state index in [1.807, 2.05) is 19.1 Å². The molecule has 2 aliphatic carbocycles. The van der Waals surface area contributed by atoms with Gasteiger partial charge in [0.05, 0.1) is 43.1 Å². The standard InChI is InChI=1S/C33H41FN4O3/c1-21-28(23-2-3-25-18-41-33(29(25)15-23)10-12-38(13-11-33)27-19-40-20-27)5-4-24(30(21)34)14-26(16-35)37-31(39)32-8-6-22(7-9-32)17-36-32/h2-5,15,21-22,26-27,30,36H,6-14,17-20H2,1H3,(H,37,39)/t21?,22?,26-,30?,32?/m0/s1. The zero-order chi connectivity index (χ0) is 28.2. The zero-order valence-corrected chi connectivity index (χ0v) is 24.0. The molecule has 4 saturated heterocycles. The SMILES string of the molecule is CC1C(c2ccc3c(c2)C2(CCN(C4COC4)CC2)OC3)=CC=C(C[C@@H](C#N)NC(=O)C23CCC(CC2)CN3)C1F. The van der Waals surface area contributed by atoms with Gasteiger partial charge in [0.1, 0.15) is 12.2 Å². The number of hydrogen-bond acceptors (Lipinski definition) is 6. The molecule has 2 bridgehead atoms. The fourth-order valence-corrected chi connectivity index (χ4v) is 8.02. The fraction of sp³-hybridized carbons (Fsp3) is 0.636. The Labute approximate surface area is 242 Å². The van der Waals surface area contributed by atoms with Crippen molar-refractivity contribution < 1.29 is 18.7 Å². The number of ether oxygens (including phenoxy) is 2. The monoisotopic (exact) mass is 560 g/mol. The van der Waals surface area contributed by atoms with Gasteiger partial charge in [-0.05, 0) is 84.9 Å². The molecule has 1 spiro atoms. The van der Waals surface area contributed by atoms with Gasteiger partial charge in [0.2, 0.25) is 5.91 Å². The third-order valence-electron chi connectivity index (χ3n) is 11.0. The molecule has 7 aliphatic rings. The van der Waals surface area contributed by atoms with Gasteiger partial charge in [-0.15, -0.1) is 0 Å². The number of carbonyl (C=O) groups is 1. The summed E-state index contributed by atoms with van der Waals surface area (Å²) < 4.78 is 27.8. The number of likely N-dealkylation sites (tertiary alicyclic amines) is 1. The van der Waals surface area contributed by atoms with Crippen LogP contribution >= 0.6 is 0 Å². The van der Waals surface area contributed by atoms with E-state index >= 15 is 4.39 Å². The molecule has 8 heteroatoms. The maximum absolute atomic E-state index is 15.9. The van der Waals surface area contributed by atoms with Gasteiger partial charge in [-0.3, -0.25) is 9.69 Å². The minimum atomic E-state index is -1.21. The van der Waals surface area contributed by atoms with Crippen molar-refractivity contribution in [3.05, 3.63) is 52.6 Å². The maximum atomic E-state index is 15.9. The Morgan fingerprint density at radius 3 is 2.66 bits per heavy atom. The molecule has 5 heterocycles. The molecular formula is C33H41FN4O3. The van der Waals surface area contributed by atoms with Gasteiger partial charge >= 0.3 is 0 Å². The Morgan fingerprint density at radius 1 is 1.22 bits per heavy atom. The first-order valence-corrected chi connectivity index (χ1v) is 15.5. The van der Waals surface area contributed by atoms with Crippen LogP contribution < -0.4 is 10.6 Å². The molecule has 41 heavy (non-hydrogen) atoms. The largest absolute Gasteiger partial charge is 0.378 e. The van der Waals surface area contributed by atoms with Crippen molar-refractivity contribution in [1.82, 2.24) is 15.5 Å². The number of alkyl halides is 1. The average Bonchev–Trinajstić information content (AvgIpc) is 3.33. The van der Waals surface area contributed by atoms with Crippen molar-refractivity contribution in [1.29, 1.82) is 5.26 Å². The summed E-state index contributed by atoms with van der Waals surface area (Å²) in [6.45, 7) is 7.09. The molecule has 1 amide bonds. The molecule has 1 aromatic carbocycles. The first kappa shape index (κ1) is 27.3. The predicted octanol–water partition coefficient (Wildman–Crippen LogP) is 4.13. The average molecular weight is 561 g/mol. The normalized spacial score (nSPS) is 33.3. The molecule has 0 aromatic heterocycles.